The van der Waals surface area contributed by atoms with Crippen LogP contribution in [0.15, 0.2) is 72.8 Å². The van der Waals surface area contributed by atoms with Crippen molar-refractivity contribution in [2.45, 2.75) is 97.8 Å². The monoisotopic (exact) mass is 640 g/mol. The Kier molecular flexibility index (Phi) is 13.7. The van der Waals surface area contributed by atoms with E-state index in [0.717, 1.165) is 42.1 Å². The fourth-order valence-electron chi connectivity index (χ4n) is 6.92. The van der Waals surface area contributed by atoms with E-state index in [1.165, 1.54) is 53.5 Å². The summed E-state index contributed by atoms with van der Waals surface area (Å²) >= 11 is 0. The average Bonchev–Trinajstić information content (AvgIpc) is 3.10. The summed E-state index contributed by atoms with van der Waals surface area (Å²) in [5, 5.41) is 20.0. The number of esters is 1. The first-order chi connectivity index (χ1) is 22.7. The van der Waals surface area contributed by atoms with E-state index in [1.54, 1.807) is 6.92 Å². The van der Waals surface area contributed by atoms with Crippen LogP contribution >= 0.6 is 0 Å². The zero-order valence-corrected chi connectivity index (χ0v) is 29.2. The molecule has 3 aromatic carbocycles. The summed E-state index contributed by atoms with van der Waals surface area (Å²) in [4.78, 5) is 11.9. The third kappa shape index (κ3) is 9.81. The topological polar surface area (TPSA) is 76.0 Å². The van der Waals surface area contributed by atoms with Crippen LogP contribution < -0.4 is 4.74 Å². The first-order valence-corrected chi connectivity index (χ1v) is 17.8. The standard InChI is InChI=1S/C42H56O5/c1-6-22-42(28-43,29-44)23-25-46-40-21-19-37(27-38(40)9-8-24-47-41(45)30(3)4)39-20-18-36(26-32(39)7-2)35-16-14-34(15-17-35)33-12-10-31(5)11-13-33/h14-21,26-27,31,33,43-44H,3,6-13,22-25,28-29H2,1-2,4-5H3. The third-order valence-corrected chi connectivity index (χ3v) is 10.1. The average molecular weight is 641 g/mol. The number of benzene rings is 3. The molecule has 0 amide bonds. The molecular weight excluding hydrogens is 584 g/mol. The lowest BCUT2D eigenvalue weighted by Crippen LogP contribution is -2.31. The van der Waals surface area contributed by atoms with Gasteiger partial charge in [-0.2, -0.15) is 0 Å². The van der Waals surface area contributed by atoms with E-state index < -0.39 is 5.41 Å². The van der Waals surface area contributed by atoms with Gasteiger partial charge in [0.15, 0.2) is 0 Å². The molecule has 0 aromatic heterocycles. The van der Waals surface area contributed by atoms with E-state index in [-0.39, 0.29) is 19.2 Å². The lowest BCUT2D eigenvalue weighted by Gasteiger charge is -2.29. The number of ether oxygens (including phenoxy) is 2. The lowest BCUT2D eigenvalue weighted by molar-refractivity contribution is -0.139. The van der Waals surface area contributed by atoms with Crippen molar-refractivity contribution in [2.24, 2.45) is 11.3 Å². The molecule has 4 rings (SSSR count). The first-order valence-electron chi connectivity index (χ1n) is 17.8. The van der Waals surface area contributed by atoms with Crippen molar-refractivity contribution in [2.75, 3.05) is 26.4 Å². The smallest absolute Gasteiger partial charge is 0.333 e. The predicted octanol–water partition coefficient (Wildman–Crippen LogP) is 9.47. The number of aryl methyl sites for hydroxylation is 2. The Balaban J connectivity index is 1.54. The van der Waals surface area contributed by atoms with Crippen LogP contribution in [0.5, 0.6) is 5.75 Å². The summed E-state index contributed by atoms with van der Waals surface area (Å²) in [6, 6.07) is 22.4. The van der Waals surface area contributed by atoms with Gasteiger partial charge in [-0.3, -0.25) is 0 Å². The fraction of sp³-hybridized carbons (Fsp3) is 0.500. The van der Waals surface area contributed by atoms with Crippen molar-refractivity contribution in [1.82, 2.24) is 0 Å². The summed E-state index contributed by atoms with van der Waals surface area (Å²) in [6.07, 6.45) is 9.69. The number of carbonyl (C=O) groups excluding carboxylic acids is 1. The van der Waals surface area contributed by atoms with Crippen LogP contribution in [0.1, 0.15) is 102 Å². The predicted molar refractivity (Wildman–Crippen MR) is 193 cm³/mol. The molecule has 1 aliphatic carbocycles. The van der Waals surface area contributed by atoms with Gasteiger partial charge in [0, 0.05) is 11.0 Å². The molecule has 0 atom stereocenters. The van der Waals surface area contributed by atoms with E-state index >= 15 is 0 Å². The molecule has 0 aliphatic heterocycles. The van der Waals surface area contributed by atoms with Gasteiger partial charge >= 0.3 is 5.97 Å². The molecule has 1 fully saturated rings. The summed E-state index contributed by atoms with van der Waals surface area (Å²) in [5.41, 5.74) is 8.47. The zero-order chi connectivity index (χ0) is 33.8. The van der Waals surface area contributed by atoms with E-state index in [9.17, 15) is 15.0 Å². The van der Waals surface area contributed by atoms with Gasteiger partial charge in [0.25, 0.3) is 0 Å². The minimum absolute atomic E-state index is 0.0691. The molecular formula is C42H56O5. The Bertz CT molecular complexity index is 1440. The van der Waals surface area contributed by atoms with Crippen molar-refractivity contribution in [3.63, 3.8) is 0 Å². The van der Waals surface area contributed by atoms with Crippen molar-refractivity contribution < 1.29 is 24.5 Å². The minimum Gasteiger partial charge on any atom is -0.493 e. The largest absolute Gasteiger partial charge is 0.493 e. The normalized spacial score (nSPS) is 16.6. The Morgan fingerprint density at radius 3 is 2.15 bits per heavy atom. The quantitative estimate of drug-likeness (QED) is 0.0873. The summed E-state index contributed by atoms with van der Waals surface area (Å²) in [7, 11) is 0. The fourth-order valence-corrected chi connectivity index (χ4v) is 6.92. The van der Waals surface area contributed by atoms with Gasteiger partial charge in [-0.05, 0) is 115 Å². The molecule has 3 aromatic rings. The highest BCUT2D eigenvalue weighted by molar-refractivity contribution is 5.86. The van der Waals surface area contributed by atoms with E-state index in [1.807, 2.05) is 6.07 Å². The molecule has 1 saturated carbocycles. The minimum atomic E-state index is -0.543. The van der Waals surface area contributed by atoms with Crippen molar-refractivity contribution in [3.8, 4) is 28.0 Å². The van der Waals surface area contributed by atoms with Gasteiger partial charge in [-0.15, -0.1) is 0 Å². The van der Waals surface area contributed by atoms with Crippen LogP contribution in [-0.2, 0) is 22.4 Å². The Morgan fingerprint density at radius 1 is 0.851 bits per heavy atom. The highest BCUT2D eigenvalue weighted by atomic mass is 16.5. The van der Waals surface area contributed by atoms with Crippen LogP contribution in [0.4, 0.5) is 0 Å². The van der Waals surface area contributed by atoms with Crippen LogP contribution in [0.25, 0.3) is 22.3 Å². The highest BCUT2D eigenvalue weighted by Gasteiger charge is 2.28. The molecule has 0 unspecified atom stereocenters. The van der Waals surface area contributed by atoms with Crippen molar-refractivity contribution in [1.29, 1.82) is 0 Å². The van der Waals surface area contributed by atoms with Crippen molar-refractivity contribution >= 4 is 5.97 Å². The first kappa shape index (κ1) is 36.4. The lowest BCUT2D eigenvalue weighted by atomic mass is 9.79. The molecule has 0 radical (unpaired) electrons. The van der Waals surface area contributed by atoms with Gasteiger partial charge in [-0.25, -0.2) is 4.79 Å². The van der Waals surface area contributed by atoms with E-state index in [0.29, 0.717) is 44.0 Å². The molecule has 47 heavy (non-hydrogen) atoms. The van der Waals surface area contributed by atoms with Crippen LogP contribution in [-0.4, -0.2) is 42.6 Å². The molecule has 0 saturated heterocycles. The van der Waals surface area contributed by atoms with E-state index in [2.05, 4.69) is 81.9 Å². The van der Waals surface area contributed by atoms with Crippen LogP contribution in [0, 0.1) is 11.3 Å². The second-order valence-corrected chi connectivity index (χ2v) is 13.8. The Hall–Kier alpha value is -3.41. The number of aliphatic hydroxyl groups is 2. The molecule has 0 spiro atoms. The van der Waals surface area contributed by atoms with Gasteiger partial charge in [0.05, 0.1) is 26.4 Å². The molecule has 254 valence electrons. The Morgan fingerprint density at radius 2 is 1.51 bits per heavy atom. The molecule has 0 bridgehead atoms. The molecule has 2 N–H and O–H groups in total. The SMILES string of the molecule is C=C(C)C(=O)OCCCc1cc(-c2ccc(-c3ccc(C4CCC(C)CC4)cc3)cc2CC)ccc1OCCC(CO)(CO)CCC. The molecule has 1 aliphatic rings. The molecule has 0 heterocycles. The number of aliphatic hydroxyl groups excluding tert-OH is 2. The third-order valence-electron chi connectivity index (χ3n) is 10.1. The van der Waals surface area contributed by atoms with Gasteiger partial charge < -0.3 is 19.7 Å². The second kappa shape index (κ2) is 17.7. The zero-order valence-electron chi connectivity index (χ0n) is 29.2. The van der Waals surface area contributed by atoms with Crippen LogP contribution in [0.2, 0.25) is 0 Å². The summed E-state index contributed by atoms with van der Waals surface area (Å²) in [6.45, 7) is 12.5. The summed E-state index contributed by atoms with van der Waals surface area (Å²) < 4.78 is 11.7. The summed E-state index contributed by atoms with van der Waals surface area (Å²) in [5.74, 6) is 1.96. The maximum Gasteiger partial charge on any atom is 0.333 e. The molecule has 5 nitrogen and oxygen atoms in total. The highest BCUT2D eigenvalue weighted by Crippen LogP contribution is 2.37. The van der Waals surface area contributed by atoms with Crippen molar-refractivity contribution in [3.05, 3.63) is 89.5 Å². The molecule has 5 heteroatoms. The van der Waals surface area contributed by atoms with Gasteiger partial charge in [-0.1, -0.05) is 95.1 Å². The van der Waals surface area contributed by atoms with Gasteiger partial charge in [0.1, 0.15) is 5.75 Å². The maximum absolute atomic E-state index is 11.9. The van der Waals surface area contributed by atoms with Gasteiger partial charge in [0.2, 0.25) is 0 Å². The number of hydrogen-bond donors (Lipinski definition) is 2. The second-order valence-electron chi connectivity index (χ2n) is 13.8. The van der Waals surface area contributed by atoms with Crippen LogP contribution in [0.3, 0.4) is 0 Å². The number of carbonyl (C=O) groups is 1. The van der Waals surface area contributed by atoms with E-state index in [4.69, 9.17) is 9.47 Å². The maximum atomic E-state index is 11.9. The Labute approximate surface area is 283 Å². The number of rotatable bonds is 17. The number of hydrogen-bond acceptors (Lipinski definition) is 5.